The van der Waals surface area contributed by atoms with Crippen molar-refractivity contribution in [2.24, 2.45) is 11.1 Å². The van der Waals surface area contributed by atoms with Gasteiger partial charge in [-0.3, -0.25) is 4.79 Å². The molecule has 0 aliphatic rings. The van der Waals surface area contributed by atoms with Gasteiger partial charge in [-0.05, 0) is 11.5 Å². The van der Waals surface area contributed by atoms with E-state index in [4.69, 9.17) is 5.73 Å². The number of carbonyl (C=O) groups is 1. The Balaban J connectivity index is 2.68. The van der Waals surface area contributed by atoms with E-state index < -0.39 is 12.7 Å². The van der Waals surface area contributed by atoms with Crippen LogP contribution in [0.15, 0.2) is 24.3 Å². The van der Waals surface area contributed by atoms with Crippen LogP contribution in [0.2, 0.25) is 0 Å². The van der Waals surface area contributed by atoms with Crippen LogP contribution < -0.4 is 15.8 Å². The Morgan fingerprint density at radius 1 is 1.35 bits per heavy atom. The Labute approximate surface area is 117 Å². The highest BCUT2D eigenvalue weighted by atomic mass is 19.3. The number of carbonyl (C=O) groups excluding carboxylic acids is 1. The summed E-state index contributed by atoms with van der Waals surface area (Å²) in [5, 5.41) is 2.63. The number of hydrogen-bond acceptors (Lipinski definition) is 3. The largest absolute Gasteiger partial charge is 0.434 e. The van der Waals surface area contributed by atoms with E-state index in [1.54, 1.807) is 18.2 Å². The van der Waals surface area contributed by atoms with Gasteiger partial charge in [0.15, 0.2) is 0 Å². The van der Waals surface area contributed by atoms with Gasteiger partial charge in [0.1, 0.15) is 5.75 Å². The third-order valence-corrected chi connectivity index (χ3v) is 2.86. The van der Waals surface area contributed by atoms with Crippen LogP contribution in [0.4, 0.5) is 8.78 Å². The first-order valence-electron chi connectivity index (χ1n) is 6.28. The van der Waals surface area contributed by atoms with Crippen molar-refractivity contribution in [1.82, 2.24) is 5.32 Å². The molecule has 1 rings (SSSR count). The number of ether oxygens (including phenoxy) is 1. The normalized spacial score (nSPS) is 13.2. The van der Waals surface area contributed by atoms with Crippen molar-refractivity contribution in [2.75, 3.05) is 0 Å². The molecule has 20 heavy (non-hydrogen) atoms. The van der Waals surface area contributed by atoms with Gasteiger partial charge in [0, 0.05) is 12.1 Å². The third-order valence-electron chi connectivity index (χ3n) is 2.86. The Hall–Kier alpha value is -1.69. The summed E-state index contributed by atoms with van der Waals surface area (Å²) in [7, 11) is 0. The number of hydrogen-bond donors (Lipinski definition) is 2. The molecule has 0 spiro atoms. The molecule has 4 nitrogen and oxygen atoms in total. The van der Waals surface area contributed by atoms with Crippen molar-refractivity contribution in [3.63, 3.8) is 0 Å². The lowest BCUT2D eigenvalue weighted by Crippen LogP contribution is -2.48. The molecule has 0 saturated heterocycles. The van der Waals surface area contributed by atoms with Gasteiger partial charge < -0.3 is 15.8 Å². The second-order valence-electron chi connectivity index (χ2n) is 5.55. The highest BCUT2D eigenvalue weighted by Gasteiger charge is 2.27. The van der Waals surface area contributed by atoms with Gasteiger partial charge in [-0.1, -0.05) is 39.0 Å². The van der Waals surface area contributed by atoms with Crippen molar-refractivity contribution < 1.29 is 18.3 Å². The summed E-state index contributed by atoms with van der Waals surface area (Å²) >= 11 is 0. The van der Waals surface area contributed by atoms with Gasteiger partial charge in [0.2, 0.25) is 5.91 Å². The number of nitrogens with two attached hydrogens (primary N) is 1. The first-order valence-corrected chi connectivity index (χ1v) is 6.28. The molecule has 0 fully saturated rings. The van der Waals surface area contributed by atoms with Crippen LogP contribution in [0.5, 0.6) is 5.75 Å². The van der Waals surface area contributed by atoms with Crippen LogP contribution in [-0.4, -0.2) is 18.6 Å². The molecule has 0 aliphatic carbocycles. The molecule has 1 aromatic carbocycles. The number of nitrogens with one attached hydrogen (secondary N) is 1. The average Bonchev–Trinajstić information content (AvgIpc) is 2.34. The minimum absolute atomic E-state index is 0.0483. The van der Waals surface area contributed by atoms with E-state index in [1.165, 1.54) is 6.07 Å². The van der Waals surface area contributed by atoms with Gasteiger partial charge in [0.25, 0.3) is 0 Å². The molecule has 0 saturated carbocycles. The molecular weight excluding hydrogens is 266 g/mol. The van der Waals surface area contributed by atoms with Crippen LogP contribution in [0.25, 0.3) is 0 Å². The first kappa shape index (κ1) is 16.4. The van der Waals surface area contributed by atoms with E-state index in [0.717, 1.165) is 0 Å². The van der Waals surface area contributed by atoms with Crippen LogP contribution in [-0.2, 0) is 11.3 Å². The summed E-state index contributed by atoms with van der Waals surface area (Å²) in [6, 6.07) is 5.64. The first-order chi connectivity index (χ1) is 9.21. The number of para-hydroxylation sites is 1. The second-order valence-corrected chi connectivity index (χ2v) is 5.55. The minimum Gasteiger partial charge on any atom is -0.434 e. The molecule has 0 heterocycles. The highest BCUT2D eigenvalue weighted by molar-refractivity contribution is 5.82. The van der Waals surface area contributed by atoms with Crippen LogP contribution in [0, 0.1) is 5.41 Å². The fourth-order valence-electron chi connectivity index (χ4n) is 1.55. The van der Waals surface area contributed by atoms with Crippen LogP contribution >= 0.6 is 0 Å². The lowest BCUT2D eigenvalue weighted by Gasteiger charge is -2.26. The maximum Gasteiger partial charge on any atom is 0.387 e. The zero-order valence-electron chi connectivity index (χ0n) is 11.8. The molecule has 0 aromatic heterocycles. The molecule has 0 aliphatic heterocycles. The van der Waals surface area contributed by atoms with Gasteiger partial charge in [0.05, 0.1) is 6.04 Å². The lowest BCUT2D eigenvalue weighted by molar-refractivity contribution is -0.124. The van der Waals surface area contributed by atoms with E-state index in [9.17, 15) is 13.6 Å². The summed E-state index contributed by atoms with van der Waals surface area (Å²) < 4.78 is 28.9. The Kier molecular flexibility index (Phi) is 5.44. The monoisotopic (exact) mass is 286 g/mol. The lowest BCUT2D eigenvalue weighted by atomic mass is 9.87. The number of amides is 1. The third kappa shape index (κ3) is 4.77. The van der Waals surface area contributed by atoms with Gasteiger partial charge >= 0.3 is 6.61 Å². The Morgan fingerprint density at radius 3 is 2.50 bits per heavy atom. The minimum atomic E-state index is -2.90. The van der Waals surface area contributed by atoms with Gasteiger partial charge in [-0.25, -0.2) is 0 Å². The molecule has 1 atom stereocenters. The highest BCUT2D eigenvalue weighted by Crippen LogP contribution is 2.21. The van der Waals surface area contributed by atoms with E-state index in [0.29, 0.717) is 5.56 Å². The predicted octanol–water partition coefficient (Wildman–Crippen LogP) is 2.28. The predicted molar refractivity (Wildman–Crippen MR) is 72.4 cm³/mol. The molecule has 0 bridgehead atoms. The van der Waals surface area contributed by atoms with Crippen LogP contribution in [0.3, 0.4) is 0 Å². The summed E-state index contributed by atoms with van der Waals surface area (Å²) in [6.07, 6.45) is 0. The van der Waals surface area contributed by atoms with Gasteiger partial charge in [-0.15, -0.1) is 0 Å². The summed E-state index contributed by atoms with van der Waals surface area (Å²) in [5.41, 5.74) is 5.92. The zero-order valence-corrected chi connectivity index (χ0v) is 11.8. The number of halogens is 2. The molecule has 1 aromatic rings. The maximum absolute atomic E-state index is 12.3. The molecule has 6 heteroatoms. The number of alkyl halides is 2. The van der Waals surface area contributed by atoms with Crippen molar-refractivity contribution in [3.8, 4) is 5.75 Å². The van der Waals surface area contributed by atoms with E-state index in [2.05, 4.69) is 10.1 Å². The molecule has 0 unspecified atom stereocenters. The fraction of sp³-hybridized carbons (Fsp3) is 0.500. The fourth-order valence-corrected chi connectivity index (χ4v) is 1.55. The maximum atomic E-state index is 12.3. The Bertz CT molecular complexity index is 459. The van der Waals surface area contributed by atoms with E-state index in [1.807, 2.05) is 20.8 Å². The van der Waals surface area contributed by atoms with E-state index >= 15 is 0 Å². The number of benzene rings is 1. The summed E-state index contributed by atoms with van der Waals surface area (Å²) in [4.78, 5) is 11.9. The van der Waals surface area contributed by atoms with Crippen LogP contribution in [0.1, 0.15) is 26.3 Å². The molecule has 1 amide bonds. The van der Waals surface area contributed by atoms with E-state index in [-0.39, 0.29) is 23.6 Å². The van der Waals surface area contributed by atoms with Crippen molar-refractivity contribution in [3.05, 3.63) is 29.8 Å². The molecule has 3 N–H and O–H groups in total. The molecule has 112 valence electrons. The number of rotatable bonds is 5. The van der Waals surface area contributed by atoms with Crippen molar-refractivity contribution in [1.29, 1.82) is 0 Å². The second kappa shape index (κ2) is 6.65. The zero-order chi connectivity index (χ0) is 15.3. The molecule has 0 radical (unpaired) electrons. The quantitative estimate of drug-likeness (QED) is 0.872. The Morgan fingerprint density at radius 2 is 1.95 bits per heavy atom. The summed E-state index contributed by atoms with van der Waals surface area (Å²) in [6.45, 7) is 2.75. The molecular formula is C14H20F2N2O2. The summed E-state index contributed by atoms with van der Waals surface area (Å²) in [5.74, 6) is -0.281. The van der Waals surface area contributed by atoms with Crippen molar-refractivity contribution in [2.45, 2.75) is 40.0 Å². The SMILES string of the molecule is CC(C)(C)[C@H](N)C(=O)NCc1ccccc1OC(F)F. The standard InChI is InChI=1S/C14H20F2N2O2/c1-14(2,3)11(17)12(19)18-8-9-6-4-5-7-10(9)20-13(15)16/h4-7,11,13H,8,17H2,1-3H3,(H,18,19)/t11-/m1/s1. The topological polar surface area (TPSA) is 64.4 Å². The smallest absolute Gasteiger partial charge is 0.387 e. The van der Waals surface area contributed by atoms with Crippen molar-refractivity contribution >= 4 is 5.91 Å². The van der Waals surface area contributed by atoms with Gasteiger partial charge in [-0.2, -0.15) is 8.78 Å². The average molecular weight is 286 g/mol.